The van der Waals surface area contributed by atoms with Crippen molar-refractivity contribution >= 4 is 17.1 Å². The number of benzene rings is 2. The second-order valence-corrected chi connectivity index (χ2v) is 4.15. The Morgan fingerprint density at radius 3 is 2.58 bits per heavy atom. The summed E-state index contributed by atoms with van der Waals surface area (Å²) in [5.41, 5.74) is 2.42. The summed E-state index contributed by atoms with van der Waals surface area (Å²) in [6.45, 7) is 2.80. The lowest BCUT2D eigenvalue weighted by Crippen LogP contribution is -1.96. The second kappa shape index (κ2) is 6.41. The van der Waals surface area contributed by atoms with Crippen LogP contribution in [0.5, 0.6) is 5.75 Å². The smallest absolute Gasteiger partial charge is 0.385 e. The number of hydrogen-bond donors (Lipinski definition) is 1. The summed E-state index contributed by atoms with van der Waals surface area (Å²) in [4.78, 5) is 3.12. The van der Waals surface area contributed by atoms with Gasteiger partial charge in [-0.3, -0.25) is 0 Å². The lowest BCUT2D eigenvalue weighted by Gasteiger charge is -2.09. The summed E-state index contributed by atoms with van der Waals surface area (Å²) in [5, 5.41) is 11.9. The molecule has 0 saturated carbocycles. The molecule has 0 aliphatic carbocycles. The van der Waals surface area contributed by atoms with Gasteiger partial charge in [0.1, 0.15) is 5.75 Å². The quantitative estimate of drug-likeness (QED) is 0.786. The first-order chi connectivity index (χ1) is 9.31. The van der Waals surface area contributed by atoms with Crippen LogP contribution in [-0.4, -0.2) is 6.61 Å². The molecule has 0 heterocycles. The van der Waals surface area contributed by atoms with E-state index in [1.54, 1.807) is 12.1 Å². The molecule has 0 atom stereocenters. The summed E-state index contributed by atoms with van der Waals surface area (Å²) in [7, 11) is 0. The first-order valence-corrected chi connectivity index (χ1v) is 6.27. The number of rotatable bonds is 5. The molecule has 0 saturated heterocycles. The molecule has 96 valence electrons. The van der Waals surface area contributed by atoms with E-state index in [-0.39, 0.29) is 0 Å². The van der Waals surface area contributed by atoms with E-state index in [0.717, 1.165) is 30.2 Å². The molecule has 0 radical (unpaired) electrons. The fourth-order valence-corrected chi connectivity index (χ4v) is 1.66. The Hall–Kier alpha value is -2.54. The minimum atomic E-state index is 0.533. The van der Waals surface area contributed by atoms with Crippen LogP contribution < -0.4 is 10.1 Å². The lowest BCUT2D eigenvalue weighted by molar-refractivity contribution is 0.317. The number of ether oxygens (including phenoxy) is 1. The number of anilines is 2. The molecule has 0 aromatic heterocycles. The molecule has 0 bridgehead atoms. The van der Waals surface area contributed by atoms with Crippen molar-refractivity contribution in [3.05, 3.63) is 53.5 Å². The van der Waals surface area contributed by atoms with E-state index in [0.29, 0.717) is 5.69 Å². The monoisotopic (exact) mass is 254 g/mol. The average molecular weight is 254 g/mol. The van der Waals surface area contributed by atoms with Crippen LogP contribution in [0.25, 0.3) is 4.98 Å². The highest BCUT2D eigenvalue weighted by Gasteiger charge is 2.03. The summed E-state index contributed by atoms with van der Waals surface area (Å²) in [5.74, 6) is 0.855. The third kappa shape index (κ3) is 3.71. The van der Waals surface area contributed by atoms with Gasteiger partial charge in [0.2, 0.25) is 5.39 Å². The highest BCUT2D eigenvalue weighted by atomic mass is 16.5. The maximum Gasteiger partial charge on any atom is 0.385 e. The standard InChI is InChI=1S/C15H16N3O/c1-2-10-19-15-5-3-4-14(11-15)17-12-6-8-13(18-16)9-7-12/h3-9,11,17H,2,10H2,1H3/q+1. The zero-order chi connectivity index (χ0) is 13.5. The van der Waals surface area contributed by atoms with Gasteiger partial charge in [-0.05, 0) is 30.7 Å². The van der Waals surface area contributed by atoms with E-state index in [1.165, 1.54) is 0 Å². The highest BCUT2D eigenvalue weighted by molar-refractivity contribution is 5.63. The Kier molecular flexibility index (Phi) is 4.35. The van der Waals surface area contributed by atoms with Gasteiger partial charge in [-0.25, -0.2) is 0 Å². The predicted molar refractivity (Wildman–Crippen MR) is 76.7 cm³/mol. The lowest BCUT2D eigenvalue weighted by atomic mass is 10.2. The molecule has 0 spiro atoms. The Labute approximate surface area is 112 Å². The van der Waals surface area contributed by atoms with Crippen LogP contribution >= 0.6 is 0 Å². The molecule has 0 amide bonds. The van der Waals surface area contributed by atoms with Gasteiger partial charge in [-0.1, -0.05) is 13.0 Å². The van der Waals surface area contributed by atoms with Crippen LogP contribution in [0.15, 0.2) is 48.5 Å². The molecule has 0 aliphatic rings. The van der Waals surface area contributed by atoms with E-state index >= 15 is 0 Å². The molecule has 4 heteroatoms. The first kappa shape index (κ1) is 12.9. The van der Waals surface area contributed by atoms with Crippen molar-refractivity contribution in [3.63, 3.8) is 0 Å². The molecular weight excluding hydrogens is 238 g/mol. The first-order valence-electron chi connectivity index (χ1n) is 6.27. The minimum absolute atomic E-state index is 0.533. The third-order valence-electron chi connectivity index (χ3n) is 2.58. The van der Waals surface area contributed by atoms with Gasteiger partial charge in [0.05, 0.1) is 6.61 Å². The average Bonchev–Trinajstić information content (AvgIpc) is 2.46. The van der Waals surface area contributed by atoms with Crippen molar-refractivity contribution in [1.82, 2.24) is 0 Å². The van der Waals surface area contributed by atoms with Crippen LogP contribution in [0.1, 0.15) is 13.3 Å². The Bertz CT molecular complexity index is 573. The number of nitrogens with one attached hydrogen (secondary N) is 1. The SMILES string of the molecule is CCCOc1cccc(Nc2ccc([N+]#N)cc2)c1. The topological polar surface area (TPSA) is 49.4 Å². The molecule has 2 aromatic rings. The summed E-state index contributed by atoms with van der Waals surface area (Å²) in [6.07, 6.45) is 0.990. The third-order valence-corrected chi connectivity index (χ3v) is 2.58. The van der Waals surface area contributed by atoms with E-state index in [4.69, 9.17) is 10.1 Å². The molecule has 2 aromatic carbocycles. The number of nitrogens with zero attached hydrogens (tertiary/aromatic N) is 2. The Morgan fingerprint density at radius 1 is 1.11 bits per heavy atom. The van der Waals surface area contributed by atoms with E-state index < -0.39 is 0 Å². The molecule has 1 N–H and O–H groups in total. The van der Waals surface area contributed by atoms with Crippen LogP contribution in [0.3, 0.4) is 0 Å². The molecule has 0 unspecified atom stereocenters. The van der Waals surface area contributed by atoms with Crippen molar-refractivity contribution in [2.24, 2.45) is 0 Å². The van der Waals surface area contributed by atoms with Crippen LogP contribution in [0.2, 0.25) is 0 Å². The number of diazo groups is 1. The molecule has 2 rings (SSSR count). The molecule has 0 fully saturated rings. The van der Waals surface area contributed by atoms with Crippen molar-refractivity contribution in [3.8, 4) is 5.75 Å². The van der Waals surface area contributed by atoms with Gasteiger partial charge >= 0.3 is 5.69 Å². The summed E-state index contributed by atoms with van der Waals surface area (Å²) >= 11 is 0. The van der Waals surface area contributed by atoms with Crippen LogP contribution in [-0.2, 0) is 0 Å². The highest BCUT2D eigenvalue weighted by Crippen LogP contribution is 2.23. The van der Waals surface area contributed by atoms with E-state index in [9.17, 15) is 0 Å². The summed E-state index contributed by atoms with van der Waals surface area (Å²) in [6, 6.07) is 15.0. The largest absolute Gasteiger partial charge is 0.494 e. The zero-order valence-electron chi connectivity index (χ0n) is 10.8. The fourth-order valence-electron chi connectivity index (χ4n) is 1.66. The number of hydrogen-bond acceptors (Lipinski definition) is 3. The fraction of sp³-hybridized carbons (Fsp3) is 0.200. The van der Waals surface area contributed by atoms with E-state index in [2.05, 4.69) is 17.2 Å². The van der Waals surface area contributed by atoms with Crippen LogP contribution in [0.4, 0.5) is 17.1 Å². The second-order valence-electron chi connectivity index (χ2n) is 4.15. The van der Waals surface area contributed by atoms with Gasteiger partial charge in [0.25, 0.3) is 0 Å². The van der Waals surface area contributed by atoms with Gasteiger partial charge in [0, 0.05) is 29.6 Å². The normalized spacial score (nSPS) is 9.68. The maximum atomic E-state index is 8.63. The summed E-state index contributed by atoms with van der Waals surface area (Å²) < 4.78 is 5.58. The van der Waals surface area contributed by atoms with Crippen molar-refractivity contribution in [2.75, 3.05) is 11.9 Å². The zero-order valence-corrected chi connectivity index (χ0v) is 10.8. The van der Waals surface area contributed by atoms with Crippen molar-refractivity contribution in [1.29, 1.82) is 5.39 Å². The van der Waals surface area contributed by atoms with Crippen molar-refractivity contribution in [2.45, 2.75) is 13.3 Å². The molecule has 0 aliphatic heterocycles. The van der Waals surface area contributed by atoms with Crippen molar-refractivity contribution < 1.29 is 4.74 Å². The molecular formula is C15H16N3O+. The van der Waals surface area contributed by atoms with Crippen LogP contribution in [0, 0.1) is 5.39 Å². The Morgan fingerprint density at radius 2 is 1.89 bits per heavy atom. The molecule has 19 heavy (non-hydrogen) atoms. The predicted octanol–water partition coefficient (Wildman–Crippen LogP) is 4.70. The maximum absolute atomic E-state index is 8.63. The minimum Gasteiger partial charge on any atom is -0.494 e. The van der Waals surface area contributed by atoms with Gasteiger partial charge in [-0.2, -0.15) is 0 Å². The van der Waals surface area contributed by atoms with Gasteiger partial charge in [-0.15, -0.1) is 0 Å². The van der Waals surface area contributed by atoms with E-state index in [1.807, 2.05) is 36.4 Å². The van der Waals surface area contributed by atoms with Gasteiger partial charge in [0.15, 0.2) is 4.98 Å². The Balaban J connectivity index is 2.07. The molecule has 4 nitrogen and oxygen atoms in total. The van der Waals surface area contributed by atoms with Gasteiger partial charge < -0.3 is 10.1 Å².